The van der Waals surface area contributed by atoms with Gasteiger partial charge in [-0.1, -0.05) is 6.07 Å². The molecule has 0 aliphatic carbocycles. The molecule has 1 aromatic carbocycles. The van der Waals surface area contributed by atoms with Gasteiger partial charge in [0.2, 0.25) is 0 Å². The molecule has 1 atom stereocenters. The maximum atomic E-state index is 13.1. The molecule has 2 N–H and O–H groups in total. The molecule has 1 amide bonds. The molecule has 0 aromatic heterocycles. The summed E-state index contributed by atoms with van der Waals surface area (Å²) in [6, 6.07) is 4.77. The molecule has 2 rings (SSSR count). The van der Waals surface area contributed by atoms with E-state index < -0.39 is 5.60 Å². The van der Waals surface area contributed by atoms with Gasteiger partial charge < -0.3 is 10.4 Å². The van der Waals surface area contributed by atoms with Crippen molar-refractivity contribution in [3.8, 4) is 0 Å². The number of carbonyl (C=O) groups excluding carboxylic acids is 1. The van der Waals surface area contributed by atoms with Crippen LogP contribution in [0.5, 0.6) is 0 Å². The fourth-order valence-electron chi connectivity index (χ4n) is 1.91. The normalized spacial score (nSPS) is 22.5. The minimum atomic E-state index is -1.21. The summed E-state index contributed by atoms with van der Waals surface area (Å²) in [4.78, 5) is 11.8. The van der Waals surface area contributed by atoms with Gasteiger partial charge >= 0.3 is 0 Å². The van der Waals surface area contributed by atoms with Crippen molar-refractivity contribution in [1.82, 2.24) is 5.32 Å². The number of carbonyl (C=O) groups is 1. The van der Waals surface area contributed by atoms with Crippen LogP contribution in [0.15, 0.2) is 22.7 Å². The second-order valence-electron chi connectivity index (χ2n) is 4.59. The minimum Gasteiger partial charge on any atom is -0.379 e. The average Bonchev–Trinajstić information content (AvgIpc) is 2.82. The number of halogens is 2. The van der Waals surface area contributed by atoms with Crippen molar-refractivity contribution in [3.63, 3.8) is 0 Å². The number of hydrogen-bond donors (Lipinski definition) is 2. The third-order valence-electron chi connectivity index (χ3n) is 3.11. The van der Waals surface area contributed by atoms with Crippen molar-refractivity contribution in [3.05, 3.63) is 34.1 Å². The molecule has 1 aliphatic rings. The molecular formula is C13H15BrFNO2S. The van der Waals surface area contributed by atoms with Gasteiger partial charge in [-0.05, 0) is 52.2 Å². The maximum absolute atomic E-state index is 13.1. The van der Waals surface area contributed by atoms with E-state index in [1.54, 1.807) is 23.9 Å². The maximum Gasteiger partial charge on any atom is 0.252 e. The van der Waals surface area contributed by atoms with Crippen molar-refractivity contribution in [1.29, 1.82) is 0 Å². The highest BCUT2D eigenvalue weighted by atomic mass is 79.9. The Hall–Kier alpha value is -0.590. The van der Waals surface area contributed by atoms with E-state index in [1.807, 2.05) is 0 Å². The lowest BCUT2D eigenvalue weighted by molar-refractivity contribution is -0.137. The zero-order chi connectivity index (χ0) is 13.9. The van der Waals surface area contributed by atoms with Crippen molar-refractivity contribution in [2.75, 3.05) is 18.1 Å². The summed E-state index contributed by atoms with van der Waals surface area (Å²) in [5.74, 6) is 0.666. The van der Waals surface area contributed by atoms with Gasteiger partial charge in [-0.15, -0.1) is 0 Å². The van der Waals surface area contributed by atoms with Gasteiger partial charge in [0.15, 0.2) is 5.60 Å². The Balaban J connectivity index is 1.83. The third-order valence-corrected chi connectivity index (χ3v) is 4.89. The van der Waals surface area contributed by atoms with Crippen molar-refractivity contribution in [2.24, 2.45) is 0 Å². The lowest BCUT2D eigenvalue weighted by Gasteiger charge is -2.20. The predicted molar refractivity (Wildman–Crippen MR) is 77.7 cm³/mol. The summed E-state index contributed by atoms with van der Waals surface area (Å²) in [6.45, 7) is 0.434. The average molecular weight is 348 g/mol. The zero-order valence-electron chi connectivity index (χ0n) is 10.3. The number of aliphatic hydroxyl groups is 1. The molecule has 6 heteroatoms. The van der Waals surface area contributed by atoms with Crippen LogP contribution in [0.3, 0.4) is 0 Å². The Labute approximate surface area is 124 Å². The molecule has 1 saturated heterocycles. The molecule has 0 bridgehead atoms. The standard InChI is InChI=1S/C13H15BrFNO2S/c14-10-7-9(1-2-11(10)15)3-5-16-12(17)13(18)4-6-19-8-13/h1-2,7,18H,3-6,8H2,(H,16,17). The molecule has 1 unspecified atom stereocenters. The van der Waals surface area contributed by atoms with E-state index in [0.717, 1.165) is 11.3 Å². The van der Waals surface area contributed by atoms with Crippen molar-refractivity contribution in [2.45, 2.75) is 18.4 Å². The Kier molecular flexibility index (Phi) is 4.86. The van der Waals surface area contributed by atoms with Gasteiger partial charge in [0.05, 0.1) is 4.47 Å². The summed E-state index contributed by atoms with van der Waals surface area (Å²) in [5.41, 5.74) is -0.282. The molecule has 1 fully saturated rings. The first kappa shape index (κ1) is 14.8. The fraction of sp³-hybridized carbons (Fsp3) is 0.462. The Morgan fingerprint density at radius 1 is 1.58 bits per heavy atom. The van der Waals surface area contributed by atoms with Gasteiger partial charge in [0, 0.05) is 12.3 Å². The van der Waals surface area contributed by atoms with Crippen LogP contribution in [0, 0.1) is 5.82 Å². The van der Waals surface area contributed by atoms with Gasteiger partial charge in [0.25, 0.3) is 5.91 Å². The summed E-state index contributed by atoms with van der Waals surface area (Å²) in [5, 5.41) is 12.8. The molecule has 104 valence electrons. The van der Waals surface area contributed by atoms with Crippen LogP contribution < -0.4 is 5.32 Å². The topological polar surface area (TPSA) is 49.3 Å². The fourth-order valence-corrected chi connectivity index (χ4v) is 3.58. The van der Waals surface area contributed by atoms with Crippen LogP contribution in [0.4, 0.5) is 4.39 Å². The summed E-state index contributed by atoms with van der Waals surface area (Å²) in [7, 11) is 0. The second kappa shape index (κ2) is 6.24. The minimum absolute atomic E-state index is 0.301. The summed E-state index contributed by atoms with van der Waals surface area (Å²) < 4.78 is 13.5. The van der Waals surface area contributed by atoms with Crippen molar-refractivity contribution < 1.29 is 14.3 Å². The lowest BCUT2D eigenvalue weighted by atomic mass is 10.0. The first-order valence-electron chi connectivity index (χ1n) is 6.04. The molecule has 1 aliphatic heterocycles. The first-order valence-corrected chi connectivity index (χ1v) is 7.98. The van der Waals surface area contributed by atoms with Crippen LogP contribution in [0.25, 0.3) is 0 Å². The number of amides is 1. The van der Waals surface area contributed by atoms with E-state index in [2.05, 4.69) is 21.2 Å². The second-order valence-corrected chi connectivity index (χ2v) is 6.55. The highest BCUT2D eigenvalue weighted by Crippen LogP contribution is 2.27. The highest BCUT2D eigenvalue weighted by molar-refractivity contribution is 9.10. The third kappa shape index (κ3) is 3.70. The Morgan fingerprint density at radius 2 is 2.37 bits per heavy atom. The van der Waals surface area contributed by atoms with Gasteiger partial charge in [-0.3, -0.25) is 4.79 Å². The van der Waals surface area contributed by atoms with E-state index in [4.69, 9.17) is 0 Å². The highest BCUT2D eigenvalue weighted by Gasteiger charge is 2.39. The van der Waals surface area contributed by atoms with Gasteiger partial charge in [0.1, 0.15) is 5.82 Å². The number of hydrogen-bond acceptors (Lipinski definition) is 3. The van der Waals surface area contributed by atoms with Crippen LogP contribution >= 0.6 is 27.7 Å². The number of rotatable bonds is 4. The van der Waals surface area contributed by atoms with E-state index in [-0.39, 0.29) is 11.7 Å². The van der Waals surface area contributed by atoms with E-state index in [9.17, 15) is 14.3 Å². The van der Waals surface area contributed by atoms with E-state index >= 15 is 0 Å². The monoisotopic (exact) mass is 347 g/mol. The number of thioether (sulfide) groups is 1. The van der Waals surface area contributed by atoms with E-state index in [0.29, 0.717) is 29.6 Å². The number of nitrogens with one attached hydrogen (secondary N) is 1. The smallest absolute Gasteiger partial charge is 0.252 e. The molecule has 1 aromatic rings. The molecule has 1 heterocycles. The van der Waals surface area contributed by atoms with Crippen LogP contribution in [-0.4, -0.2) is 34.7 Å². The molecular weight excluding hydrogens is 333 g/mol. The predicted octanol–water partition coefficient (Wildman–Crippen LogP) is 2.11. The molecule has 19 heavy (non-hydrogen) atoms. The van der Waals surface area contributed by atoms with Crippen molar-refractivity contribution >= 4 is 33.6 Å². The van der Waals surface area contributed by atoms with Gasteiger partial charge in [-0.25, -0.2) is 4.39 Å². The van der Waals surface area contributed by atoms with Crippen LogP contribution in [0.1, 0.15) is 12.0 Å². The van der Waals surface area contributed by atoms with E-state index in [1.165, 1.54) is 6.07 Å². The molecule has 3 nitrogen and oxygen atoms in total. The molecule has 0 saturated carbocycles. The Bertz CT molecular complexity index is 478. The number of benzene rings is 1. The molecule has 0 spiro atoms. The zero-order valence-corrected chi connectivity index (χ0v) is 12.7. The summed E-state index contributed by atoms with van der Waals surface area (Å²) >= 11 is 4.71. The van der Waals surface area contributed by atoms with Gasteiger partial charge in [-0.2, -0.15) is 11.8 Å². The largest absolute Gasteiger partial charge is 0.379 e. The molecule has 0 radical (unpaired) electrons. The quantitative estimate of drug-likeness (QED) is 0.876. The van der Waals surface area contributed by atoms with Crippen LogP contribution in [0.2, 0.25) is 0 Å². The lowest BCUT2D eigenvalue weighted by Crippen LogP contribution is -2.47. The SMILES string of the molecule is O=C(NCCc1ccc(F)c(Br)c1)C1(O)CCSC1. The van der Waals surface area contributed by atoms with Crippen LogP contribution in [-0.2, 0) is 11.2 Å². The first-order chi connectivity index (χ1) is 9.01. The summed E-state index contributed by atoms with van der Waals surface area (Å²) in [6.07, 6.45) is 1.11. The Morgan fingerprint density at radius 3 is 3.00 bits per heavy atom.